The van der Waals surface area contributed by atoms with Crippen LogP contribution in [0.15, 0.2) is 48.9 Å². The van der Waals surface area contributed by atoms with Gasteiger partial charge in [-0.05, 0) is 39.0 Å². The molecule has 0 N–H and O–H groups in total. The van der Waals surface area contributed by atoms with Gasteiger partial charge < -0.3 is 9.47 Å². The molecule has 3 aromatic rings. The summed E-state index contributed by atoms with van der Waals surface area (Å²) in [5, 5.41) is 12.3. The van der Waals surface area contributed by atoms with Gasteiger partial charge in [0.25, 0.3) is 5.69 Å². The van der Waals surface area contributed by atoms with Gasteiger partial charge in [0.05, 0.1) is 4.92 Å². The molecule has 0 radical (unpaired) electrons. The lowest BCUT2D eigenvalue weighted by molar-refractivity contribution is -0.385. The van der Waals surface area contributed by atoms with E-state index < -0.39 is 16.6 Å². The standard InChI is InChI=1S/C18H17N3O5/c1-18(2,3)26-17(22)20-10-12-4-6-15(8-13(12)11-20)25-16-7-5-14(9-19-16)21(23)24/h4-11H,1-3H3. The van der Waals surface area contributed by atoms with Crippen LogP contribution in [0.1, 0.15) is 20.8 Å². The molecule has 0 aliphatic carbocycles. The van der Waals surface area contributed by atoms with E-state index in [1.807, 2.05) is 0 Å². The van der Waals surface area contributed by atoms with Crippen LogP contribution < -0.4 is 4.74 Å². The minimum atomic E-state index is -0.580. The molecule has 0 atom stereocenters. The maximum absolute atomic E-state index is 12.1. The second-order valence-electron chi connectivity index (χ2n) is 6.65. The van der Waals surface area contributed by atoms with Crippen molar-refractivity contribution >= 4 is 22.6 Å². The number of carbonyl (C=O) groups excluding carboxylic acids is 1. The molecule has 0 saturated carbocycles. The number of hydrogen-bond donors (Lipinski definition) is 0. The van der Waals surface area contributed by atoms with Crippen LogP contribution >= 0.6 is 0 Å². The number of hydrogen-bond acceptors (Lipinski definition) is 6. The van der Waals surface area contributed by atoms with E-state index >= 15 is 0 Å². The molecule has 8 heteroatoms. The van der Waals surface area contributed by atoms with E-state index in [0.717, 1.165) is 17.0 Å². The Balaban J connectivity index is 1.80. The van der Waals surface area contributed by atoms with Crippen molar-refractivity contribution in [2.75, 3.05) is 0 Å². The molecule has 0 unspecified atom stereocenters. The van der Waals surface area contributed by atoms with Gasteiger partial charge >= 0.3 is 6.09 Å². The maximum Gasteiger partial charge on any atom is 0.418 e. The summed E-state index contributed by atoms with van der Waals surface area (Å²) in [5.74, 6) is 0.738. The van der Waals surface area contributed by atoms with E-state index in [0.29, 0.717) is 5.75 Å². The monoisotopic (exact) mass is 355 g/mol. The number of fused-ring (bicyclic) bond motifs is 1. The number of nitro groups is 1. The van der Waals surface area contributed by atoms with Crippen LogP contribution in [0, 0.1) is 10.1 Å². The van der Waals surface area contributed by atoms with E-state index in [-0.39, 0.29) is 11.6 Å². The maximum atomic E-state index is 12.1. The fourth-order valence-corrected chi connectivity index (χ4v) is 2.26. The fourth-order valence-electron chi connectivity index (χ4n) is 2.26. The zero-order valence-corrected chi connectivity index (χ0v) is 14.5. The molecule has 0 saturated heterocycles. The third-order valence-corrected chi connectivity index (χ3v) is 3.37. The van der Waals surface area contributed by atoms with E-state index in [2.05, 4.69) is 4.98 Å². The molecule has 0 spiro atoms. The Hall–Kier alpha value is -3.42. The SMILES string of the molecule is CC(C)(C)OC(=O)n1cc2ccc(Oc3ccc([N+](=O)[O-])cn3)cc2c1. The Morgan fingerprint density at radius 1 is 1.15 bits per heavy atom. The van der Waals surface area contributed by atoms with Gasteiger partial charge in [0.1, 0.15) is 17.5 Å². The third-order valence-electron chi connectivity index (χ3n) is 3.37. The average molecular weight is 355 g/mol. The van der Waals surface area contributed by atoms with Gasteiger partial charge in [-0.25, -0.2) is 9.78 Å². The highest BCUT2D eigenvalue weighted by molar-refractivity contribution is 5.88. The predicted octanol–water partition coefficient (Wildman–Crippen LogP) is 4.52. The number of pyridine rings is 1. The number of aromatic nitrogens is 2. The van der Waals surface area contributed by atoms with Gasteiger partial charge in [-0.2, -0.15) is 0 Å². The molecule has 134 valence electrons. The van der Waals surface area contributed by atoms with Crippen LogP contribution in [0.4, 0.5) is 10.5 Å². The van der Waals surface area contributed by atoms with Crippen LogP contribution in [0.25, 0.3) is 10.8 Å². The van der Waals surface area contributed by atoms with Crippen molar-refractivity contribution in [2.24, 2.45) is 0 Å². The first kappa shape index (κ1) is 17.4. The van der Waals surface area contributed by atoms with Crippen LogP contribution in [0.3, 0.4) is 0 Å². The first-order valence-corrected chi connectivity index (χ1v) is 7.85. The first-order chi connectivity index (χ1) is 12.2. The summed E-state index contributed by atoms with van der Waals surface area (Å²) in [6, 6.07) is 8.02. The van der Waals surface area contributed by atoms with E-state index in [1.165, 1.54) is 16.7 Å². The van der Waals surface area contributed by atoms with Crippen molar-refractivity contribution in [1.82, 2.24) is 9.55 Å². The topological polar surface area (TPSA) is 96.5 Å². The second-order valence-corrected chi connectivity index (χ2v) is 6.65. The van der Waals surface area contributed by atoms with Crippen LogP contribution in [0.2, 0.25) is 0 Å². The third kappa shape index (κ3) is 3.97. The Labute approximate surface area is 149 Å². The normalized spacial score (nSPS) is 11.3. The molecule has 0 aliphatic rings. The second kappa shape index (κ2) is 6.47. The van der Waals surface area contributed by atoms with Gasteiger partial charge in [-0.15, -0.1) is 0 Å². The molecular formula is C18H17N3O5. The van der Waals surface area contributed by atoms with Gasteiger partial charge in [-0.1, -0.05) is 0 Å². The lowest BCUT2D eigenvalue weighted by atomic mass is 10.2. The Morgan fingerprint density at radius 3 is 2.50 bits per heavy atom. The minimum absolute atomic E-state index is 0.109. The number of nitrogens with zero attached hydrogens (tertiary/aromatic N) is 3. The molecule has 26 heavy (non-hydrogen) atoms. The highest BCUT2D eigenvalue weighted by Gasteiger charge is 2.18. The molecule has 2 aromatic heterocycles. The number of benzene rings is 1. The number of ether oxygens (including phenoxy) is 2. The van der Waals surface area contributed by atoms with Crippen molar-refractivity contribution in [3.63, 3.8) is 0 Å². The van der Waals surface area contributed by atoms with Crippen molar-refractivity contribution in [1.29, 1.82) is 0 Å². The summed E-state index contributed by atoms with van der Waals surface area (Å²) >= 11 is 0. The molecule has 0 fully saturated rings. The fraction of sp³-hybridized carbons (Fsp3) is 0.222. The minimum Gasteiger partial charge on any atom is -0.443 e. The average Bonchev–Trinajstić information content (AvgIpc) is 2.97. The van der Waals surface area contributed by atoms with Gasteiger partial charge in [0.15, 0.2) is 0 Å². The van der Waals surface area contributed by atoms with Crippen molar-refractivity contribution in [2.45, 2.75) is 26.4 Å². The summed E-state index contributed by atoms with van der Waals surface area (Å²) in [6.45, 7) is 5.41. The molecule has 8 nitrogen and oxygen atoms in total. The Morgan fingerprint density at radius 2 is 1.88 bits per heavy atom. The summed E-state index contributed by atoms with van der Waals surface area (Å²) in [6.07, 6.45) is 4.00. The summed E-state index contributed by atoms with van der Waals surface area (Å²) in [7, 11) is 0. The van der Waals surface area contributed by atoms with E-state index in [1.54, 1.807) is 51.4 Å². The molecule has 2 heterocycles. The van der Waals surface area contributed by atoms with E-state index in [4.69, 9.17) is 9.47 Å². The van der Waals surface area contributed by atoms with Crippen LogP contribution in [-0.2, 0) is 4.74 Å². The predicted molar refractivity (Wildman–Crippen MR) is 94.5 cm³/mol. The Kier molecular flexibility index (Phi) is 4.33. The highest BCUT2D eigenvalue weighted by Crippen LogP contribution is 2.26. The molecule has 0 aliphatic heterocycles. The smallest absolute Gasteiger partial charge is 0.418 e. The summed E-state index contributed by atoms with van der Waals surface area (Å²) < 4.78 is 12.3. The molecular weight excluding hydrogens is 338 g/mol. The van der Waals surface area contributed by atoms with E-state index in [9.17, 15) is 14.9 Å². The molecule has 1 aromatic carbocycles. The van der Waals surface area contributed by atoms with Crippen molar-refractivity contribution in [3.05, 3.63) is 59.0 Å². The summed E-state index contributed by atoms with van der Waals surface area (Å²) in [5.41, 5.74) is -0.689. The zero-order valence-electron chi connectivity index (χ0n) is 14.5. The molecule has 0 amide bonds. The quantitative estimate of drug-likeness (QED) is 0.506. The van der Waals surface area contributed by atoms with Crippen molar-refractivity contribution < 1.29 is 19.2 Å². The molecule has 3 rings (SSSR count). The number of carbonyl (C=O) groups is 1. The zero-order chi connectivity index (χ0) is 18.9. The van der Waals surface area contributed by atoms with Gasteiger partial charge in [0, 0.05) is 35.3 Å². The summed E-state index contributed by atoms with van der Waals surface area (Å²) in [4.78, 5) is 26.2. The number of rotatable bonds is 3. The van der Waals surface area contributed by atoms with Gasteiger partial charge in [0.2, 0.25) is 5.88 Å². The molecule has 0 bridgehead atoms. The van der Waals surface area contributed by atoms with Crippen LogP contribution in [0.5, 0.6) is 11.6 Å². The largest absolute Gasteiger partial charge is 0.443 e. The van der Waals surface area contributed by atoms with Crippen LogP contribution in [-0.4, -0.2) is 26.2 Å². The lowest BCUT2D eigenvalue weighted by Crippen LogP contribution is -2.26. The highest BCUT2D eigenvalue weighted by atomic mass is 16.6. The Bertz CT molecular complexity index is 971. The lowest BCUT2D eigenvalue weighted by Gasteiger charge is -2.19. The first-order valence-electron chi connectivity index (χ1n) is 7.85. The van der Waals surface area contributed by atoms with Crippen molar-refractivity contribution in [3.8, 4) is 11.6 Å². The van der Waals surface area contributed by atoms with Gasteiger partial charge in [-0.3, -0.25) is 14.7 Å².